The first-order valence-electron chi connectivity index (χ1n) is 9.47. The van der Waals surface area contributed by atoms with Crippen molar-refractivity contribution in [2.24, 2.45) is 4.40 Å². The third-order valence-corrected chi connectivity index (χ3v) is 5.91. The molecule has 0 radical (unpaired) electrons. The van der Waals surface area contributed by atoms with E-state index in [4.69, 9.17) is 0 Å². The summed E-state index contributed by atoms with van der Waals surface area (Å²) in [6.07, 6.45) is -7.65. The van der Waals surface area contributed by atoms with E-state index in [0.717, 1.165) is 10.5 Å². The molecule has 0 spiro atoms. The van der Waals surface area contributed by atoms with Gasteiger partial charge in [0.2, 0.25) is 0 Å². The molecule has 0 amide bonds. The summed E-state index contributed by atoms with van der Waals surface area (Å²) in [5.74, 6) is -15.4. The highest BCUT2D eigenvalue weighted by Gasteiger charge is 2.85. The average Bonchev–Trinajstić information content (AvgIpc) is 2.61. The van der Waals surface area contributed by atoms with Crippen molar-refractivity contribution in [3.8, 4) is 0 Å². The summed E-state index contributed by atoms with van der Waals surface area (Å²) < 4.78 is 146. The van der Waals surface area contributed by atoms with Crippen LogP contribution >= 0.6 is 0 Å². The monoisotopic (exact) mass is 514 g/mol. The smallest absolute Gasteiger partial charge is 0.354 e. The van der Waals surface area contributed by atoms with Crippen LogP contribution in [-0.2, 0) is 16.4 Å². The van der Waals surface area contributed by atoms with E-state index in [1.165, 1.54) is 39.8 Å². The Morgan fingerprint density at radius 1 is 0.848 bits per heavy atom. The van der Waals surface area contributed by atoms with Crippen LogP contribution in [0.15, 0.2) is 28.7 Å². The van der Waals surface area contributed by atoms with Gasteiger partial charge in [0.1, 0.15) is 5.84 Å². The molecule has 1 aromatic carbocycles. The molecule has 0 atom stereocenters. The van der Waals surface area contributed by atoms with Gasteiger partial charge in [-0.3, -0.25) is 0 Å². The average molecular weight is 514 g/mol. The molecule has 0 aliphatic heterocycles. The number of nitrogens with zero attached hydrogens (tertiary/aromatic N) is 2. The fourth-order valence-corrected chi connectivity index (χ4v) is 3.97. The molecule has 0 saturated heterocycles. The Morgan fingerprint density at radius 2 is 1.27 bits per heavy atom. The fourth-order valence-electron chi connectivity index (χ4n) is 2.97. The van der Waals surface area contributed by atoms with Gasteiger partial charge in [-0.15, -0.1) is 4.40 Å². The third kappa shape index (κ3) is 5.57. The zero-order chi connectivity index (χ0) is 26.2. The van der Waals surface area contributed by atoms with Gasteiger partial charge in [-0.05, 0) is 40.2 Å². The van der Waals surface area contributed by atoms with Crippen molar-refractivity contribution in [2.45, 2.75) is 76.4 Å². The molecule has 0 aromatic heterocycles. The largest absolute Gasteiger partial charge is 0.460 e. The summed E-state index contributed by atoms with van der Waals surface area (Å²) in [5, 5.41) is -6.88. The summed E-state index contributed by atoms with van der Waals surface area (Å²) in [7, 11) is -6.92. The number of alkyl halides is 9. The highest BCUT2D eigenvalue weighted by molar-refractivity contribution is 7.91. The van der Waals surface area contributed by atoms with Crippen LogP contribution in [0, 0.1) is 6.92 Å². The maximum Gasteiger partial charge on any atom is 0.460 e. The van der Waals surface area contributed by atoms with Crippen LogP contribution in [0.2, 0.25) is 0 Å². The maximum absolute atomic E-state index is 14.2. The number of halogens is 9. The number of hydrogen-bond acceptors (Lipinski definition) is 2. The fraction of sp³-hybridized carbons (Fsp3) is 0.632. The molecule has 0 aliphatic rings. The molecule has 1 aromatic rings. The van der Waals surface area contributed by atoms with E-state index < -0.39 is 57.6 Å². The van der Waals surface area contributed by atoms with Crippen molar-refractivity contribution in [1.82, 2.24) is 4.90 Å². The quantitative estimate of drug-likeness (QED) is 0.250. The van der Waals surface area contributed by atoms with Gasteiger partial charge in [0, 0.05) is 18.5 Å². The normalized spacial score (nSPS) is 14.8. The minimum atomic E-state index is -7.35. The SMILES string of the molecule is Cc1ccc(C/C(=N/S(=O)(=O)C(F)(F)C(F)(F)C(F)(F)C(F)(F)F)N(C(C)C)C(C)C)cc1. The Hall–Kier alpha value is -1.99. The second kappa shape index (κ2) is 9.34. The van der Waals surface area contributed by atoms with E-state index in [1.54, 1.807) is 19.1 Å². The Kier molecular flexibility index (Phi) is 8.22. The standard InChI is InChI=1S/C19H23F9N2O2S/c1-11(2)30(12(3)4)15(10-14-8-6-13(5)7-9-14)29-33(31,32)19(27,28)17(22,23)16(20,21)18(24,25)26/h6-9,11-12H,10H2,1-5H3/b29-15-. The van der Waals surface area contributed by atoms with Crippen LogP contribution < -0.4 is 0 Å². The predicted molar refractivity (Wildman–Crippen MR) is 104 cm³/mol. The van der Waals surface area contributed by atoms with Crippen LogP contribution in [0.1, 0.15) is 38.8 Å². The van der Waals surface area contributed by atoms with Crippen LogP contribution in [0.4, 0.5) is 39.5 Å². The zero-order valence-electron chi connectivity index (χ0n) is 18.2. The van der Waals surface area contributed by atoms with E-state index in [2.05, 4.69) is 4.40 Å². The summed E-state index contributed by atoms with van der Waals surface area (Å²) in [5.41, 5.74) is 1.08. The van der Waals surface area contributed by atoms with E-state index in [0.29, 0.717) is 5.56 Å². The summed E-state index contributed by atoms with van der Waals surface area (Å²) in [6, 6.07) is 4.80. The van der Waals surface area contributed by atoms with Crippen molar-refractivity contribution in [1.29, 1.82) is 0 Å². The Labute approximate surface area is 185 Å². The molecule has 0 fully saturated rings. The summed E-state index contributed by atoms with van der Waals surface area (Å²) in [6.45, 7) is 7.66. The number of rotatable bonds is 8. The molecule has 4 nitrogen and oxygen atoms in total. The second-order valence-corrected chi connectivity index (χ2v) is 9.55. The molecule has 190 valence electrons. The van der Waals surface area contributed by atoms with Gasteiger partial charge >= 0.3 is 33.3 Å². The van der Waals surface area contributed by atoms with Gasteiger partial charge in [0.25, 0.3) is 0 Å². The van der Waals surface area contributed by atoms with E-state index in [-0.39, 0.29) is 0 Å². The molecule has 0 heterocycles. The van der Waals surface area contributed by atoms with Crippen LogP contribution in [0.5, 0.6) is 0 Å². The molecular formula is C19H23F9N2O2S. The first-order chi connectivity index (χ1) is 14.6. The number of amidine groups is 1. The van der Waals surface area contributed by atoms with Crippen molar-refractivity contribution in [3.63, 3.8) is 0 Å². The highest BCUT2D eigenvalue weighted by Crippen LogP contribution is 2.55. The first-order valence-corrected chi connectivity index (χ1v) is 10.9. The molecule has 0 unspecified atom stereocenters. The Morgan fingerprint density at radius 3 is 1.64 bits per heavy atom. The number of aryl methyl sites for hydroxylation is 1. The topological polar surface area (TPSA) is 49.7 Å². The number of hydrogen-bond donors (Lipinski definition) is 0. The van der Waals surface area contributed by atoms with Crippen molar-refractivity contribution >= 4 is 15.9 Å². The lowest BCUT2D eigenvalue weighted by Gasteiger charge is -2.35. The van der Waals surface area contributed by atoms with Gasteiger partial charge < -0.3 is 4.90 Å². The minimum absolute atomic E-state index is 0.302. The molecule has 1 rings (SSSR count). The number of sulfonamides is 1. The summed E-state index contributed by atoms with van der Waals surface area (Å²) >= 11 is 0. The predicted octanol–water partition coefficient (Wildman–Crippen LogP) is 5.81. The molecular weight excluding hydrogens is 491 g/mol. The molecule has 33 heavy (non-hydrogen) atoms. The van der Waals surface area contributed by atoms with E-state index in [9.17, 15) is 47.9 Å². The molecule has 0 bridgehead atoms. The van der Waals surface area contributed by atoms with Gasteiger partial charge in [-0.1, -0.05) is 29.8 Å². The number of benzene rings is 1. The second-order valence-electron chi connectivity index (χ2n) is 7.90. The van der Waals surface area contributed by atoms with Crippen molar-refractivity contribution < 1.29 is 47.9 Å². The molecule has 0 N–H and O–H groups in total. The Bertz CT molecular complexity index is 946. The van der Waals surface area contributed by atoms with Gasteiger partial charge in [0.05, 0.1) is 0 Å². The Balaban J connectivity index is 3.71. The zero-order valence-corrected chi connectivity index (χ0v) is 19.0. The van der Waals surface area contributed by atoms with Crippen LogP contribution in [-0.4, -0.2) is 54.5 Å². The van der Waals surface area contributed by atoms with Crippen LogP contribution in [0.3, 0.4) is 0 Å². The van der Waals surface area contributed by atoms with Crippen LogP contribution in [0.25, 0.3) is 0 Å². The minimum Gasteiger partial charge on any atom is -0.354 e. The molecule has 14 heteroatoms. The highest BCUT2D eigenvalue weighted by atomic mass is 32.2. The van der Waals surface area contributed by atoms with Gasteiger partial charge in [-0.2, -0.15) is 47.9 Å². The van der Waals surface area contributed by atoms with Crippen molar-refractivity contribution in [3.05, 3.63) is 35.4 Å². The van der Waals surface area contributed by atoms with E-state index in [1.807, 2.05) is 0 Å². The lowest BCUT2D eigenvalue weighted by atomic mass is 10.1. The van der Waals surface area contributed by atoms with Gasteiger partial charge in [0.15, 0.2) is 0 Å². The van der Waals surface area contributed by atoms with Crippen molar-refractivity contribution in [2.75, 3.05) is 0 Å². The first kappa shape index (κ1) is 29.0. The maximum atomic E-state index is 14.2. The third-order valence-electron chi connectivity index (χ3n) is 4.56. The molecule has 0 aliphatic carbocycles. The lowest BCUT2D eigenvalue weighted by molar-refractivity contribution is -0.382. The summed E-state index contributed by atoms with van der Waals surface area (Å²) in [4.78, 5) is 1.15. The van der Waals surface area contributed by atoms with Gasteiger partial charge in [-0.25, -0.2) is 0 Å². The van der Waals surface area contributed by atoms with E-state index >= 15 is 0 Å². The molecule has 0 saturated carbocycles. The lowest BCUT2D eigenvalue weighted by Crippen LogP contribution is -2.63.